The van der Waals surface area contributed by atoms with E-state index < -0.39 is 0 Å². The van der Waals surface area contributed by atoms with E-state index in [0.29, 0.717) is 28.6 Å². The first-order chi connectivity index (χ1) is 15.3. The molecule has 0 aliphatic rings. The van der Waals surface area contributed by atoms with E-state index in [-0.39, 0.29) is 17.2 Å². The predicted octanol–water partition coefficient (Wildman–Crippen LogP) is 6.99. The van der Waals surface area contributed by atoms with Crippen LogP contribution in [-0.4, -0.2) is 15.3 Å². The molecule has 3 N–H and O–H groups in total. The molecule has 0 radical (unpaired) electrons. The van der Waals surface area contributed by atoms with E-state index in [1.54, 1.807) is 30.3 Å². The van der Waals surface area contributed by atoms with Crippen LogP contribution in [0, 0.1) is 20.8 Å². The lowest BCUT2D eigenvalue weighted by Crippen LogP contribution is -2.11. The fraction of sp³-hybridized carbons (Fsp3) is 0.111. The summed E-state index contributed by atoms with van der Waals surface area (Å²) < 4.78 is 6.15. The standard InChI is InChI=1S/C27H25NO4/c1-17-8-11-20(14-24(17)29)28(21-12-9-18(2)25(30)15-21)23-6-4-5-7-27(23)32-22-13-10-19(3)26(31)16-22/h4-16,29-31H,1-3H3. The molecule has 32 heavy (non-hydrogen) atoms. The van der Waals surface area contributed by atoms with Gasteiger partial charge in [0.05, 0.1) is 5.69 Å². The second-order valence-electron chi connectivity index (χ2n) is 7.80. The SMILES string of the molecule is Cc1ccc(Oc2ccccc2N(c2ccc(C)c(O)c2)c2ccc(C)c(O)c2)cc1O. The molecule has 5 heteroatoms. The Morgan fingerprint density at radius 2 is 1.09 bits per heavy atom. The molecule has 0 aliphatic heterocycles. The fourth-order valence-electron chi connectivity index (χ4n) is 3.41. The predicted molar refractivity (Wildman–Crippen MR) is 127 cm³/mol. The number of ether oxygens (including phenoxy) is 1. The van der Waals surface area contributed by atoms with Gasteiger partial charge in [0.15, 0.2) is 5.75 Å². The molecule has 0 fully saturated rings. The summed E-state index contributed by atoms with van der Waals surface area (Å²) in [5.41, 5.74) is 4.41. The summed E-state index contributed by atoms with van der Waals surface area (Å²) in [5.74, 6) is 1.55. The molecule has 0 aromatic heterocycles. The van der Waals surface area contributed by atoms with Crippen molar-refractivity contribution in [2.45, 2.75) is 20.8 Å². The van der Waals surface area contributed by atoms with Crippen LogP contribution in [0.15, 0.2) is 78.9 Å². The Labute approximate surface area is 187 Å². The summed E-state index contributed by atoms with van der Waals surface area (Å²) in [6.07, 6.45) is 0. The van der Waals surface area contributed by atoms with Crippen LogP contribution >= 0.6 is 0 Å². The Morgan fingerprint density at radius 1 is 0.594 bits per heavy atom. The number of rotatable bonds is 5. The lowest BCUT2D eigenvalue weighted by Gasteiger charge is -2.28. The second kappa shape index (κ2) is 8.55. The van der Waals surface area contributed by atoms with Gasteiger partial charge in [0.2, 0.25) is 0 Å². The third kappa shape index (κ3) is 4.18. The zero-order valence-electron chi connectivity index (χ0n) is 18.2. The van der Waals surface area contributed by atoms with Gasteiger partial charge in [-0.05, 0) is 67.8 Å². The van der Waals surface area contributed by atoms with Gasteiger partial charge in [-0.25, -0.2) is 0 Å². The number of para-hydroxylation sites is 2. The molecule has 0 spiro atoms. The molecule has 0 amide bonds. The van der Waals surface area contributed by atoms with Crippen LogP contribution in [0.25, 0.3) is 0 Å². The molecular weight excluding hydrogens is 402 g/mol. The molecule has 5 nitrogen and oxygen atoms in total. The number of phenolic OH excluding ortho intramolecular Hbond substituents is 3. The first-order valence-corrected chi connectivity index (χ1v) is 10.3. The highest BCUT2D eigenvalue weighted by Gasteiger charge is 2.19. The summed E-state index contributed by atoms with van der Waals surface area (Å²) in [6.45, 7) is 5.49. The monoisotopic (exact) mass is 427 g/mol. The number of aryl methyl sites for hydroxylation is 3. The molecule has 0 heterocycles. The van der Waals surface area contributed by atoms with Crippen LogP contribution in [0.3, 0.4) is 0 Å². The summed E-state index contributed by atoms with van der Waals surface area (Å²) in [5, 5.41) is 30.8. The average Bonchev–Trinajstić information content (AvgIpc) is 2.77. The lowest BCUT2D eigenvalue weighted by atomic mass is 10.1. The number of hydrogen-bond donors (Lipinski definition) is 3. The van der Waals surface area contributed by atoms with Gasteiger partial charge in [0.25, 0.3) is 0 Å². The summed E-state index contributed by atoms with van der Waals surface area (Å²) in [6, 6.07) is 23.5. The number of nitrogens with zero attached hydrogens (tertiary/aromatic N) is 1. The van der Waals surface area contributed by atoms with Crippen molar-refractivity contribution in [1.29, 1.82) is 0 Å². The Morgan fingerprint density at radius 3 is 1.62 bits per heavy atom. The molecule has 0 aliphatic carbocycles. The highest BCUT2D eigenvalue weighted by atomic mass is 16.5. The molecule has 0 bridgehead atoms. The summed E-state index contributed by atoms with van der Waals surface area (Å²) >= 11 is 0. The van der Waals surface area contributed by atoms with Crippen molar-refractivity contribution in [1.82, 2.24) is 0 Å². The van der Waals surface area contributed by atoms with Gasteiger partial charge in [-0.3, -0.25) is 0 Å². The van der Waals surface area contributed by atoms with Crippen molar-refractivity contribution in [3.63, 3.8) is 0 Å². The number of anilines is 3. The zero-order valence-corrected chi connectivity index (χ0v) is 18.2. The van der Waals surface area contributed by atoms with Crippen molar-refractivity contribution in [3.8, 4) is 28.7 Å². The third-order valence-corrected chi connectivity index (χ3v) is 5.42. The van der Waals surface area contributed by atoms with Crippen molar-refractivity contribution < 1.29 is 20.1 Å². The van der Waals surface area contributed by atoms with Gasteiger partial charge in [0, 0.05) is 29.6 Å². The van der Waals surface area contributed by atoms with Crippen molar-refractivity contribution in [2.75, 3.05) is 4.90 Å². The minimum Gasteiger partial charge on any atom is -0.508 e. The third-order valence-electron chi connectivity index (χ3n) is 5.42. The Kier molecular flexibility index (Phi) is 5.65. The molecule has 4 aromatic carbocycles. The largest absolute Gasteiger partial charge is 0.508 e. The number of hydrogen-bond acceptors (Lipinski definition) is 5. The number of phenols is 3. The van der Waals surface area contributed by atoms with Gasteiger partial charge in [0.1, 0.15) is 23.0 Å². The van der Waals surface area contributed by atoms with Gasteiger partial charge in [-0.1, -0.05) is 30.3 Å². The van der Waals surface area contributed by atoms with Crippen LogP contribution in [-0.2, 0) is 0 Å². The van der Waals surface area contributed by atoms with Crippen LogP contribution < -0.4 is 9.64 Å². The van der Waals surface area contributed by atoms with E-state index in [9.17, 15) is 15.3 Å². The number of aromatic hydroxyl groups is 3. The molecule has 0 saturated heterocycles. The van der Waals surface area contributed by atoms with E-state index in [4.69, 9.17) is 4.74 Å². The molecule has 0 unspecified atom stereocenters. The van der Waals surface area contributed by atoms with E-state index in [2.05, 4.69) is 0 Å². The van der Waals surface area contributed by atoms with Crippen LogP contribution in [0.4, 0.5) is 17.1 Å². The maximum atomic E-state index is 10.4. The Balaban J connectivity index is 1.86. The molecule has 0 saturated carbocycles. The van der Waals surface area contributed by atoms with Crippen LogP contribution in [0.2, 0.25) is 0 Å². The van der Waals surface area contributed by atoms with E-state index >= 15 is 0 Å². The van der Waals surface area contributed by atoms with Crippen molar-refractivity contribution in [3.05, 3.63) is 95.6 Å². The van der Waals surface area contributed by atoms with Gasteiger partial charge in [-0.15, -0.1) is 0 Å². The van der Waals surface area contributed by atoms with Crippen LogP contribution in [0.1, 0.15) is 16.7 Å². The van der Waals surface area contributed by atoms with Gasteiger partial charge in [-0.2, -0.15) is 0 Å². The first kappa shape index (κ1) is 21.1. The lowest BCUT2D eigenvalue weighted by molar-refractivity contribution is 0.452. The summed E-state index contributed by atoms with van der Waals surface area (Å²) in [4.78, 5) is 1.90. The summed E-state index contributed by atoms with van der Waals surface area (Å²) in [7, 11) is 0. The molecule has 162 valence electrons. The highest BCUT2D eigenvalue weighted by Crippen LogP contribution is 2.44. The molecule has 4 aromatic rings. The Bertz CT molecular complexity index is 1230. The van der Waals surface area contributed by atoms with E-state index in [0.717, 1.165) is 16.7 Å². The second-order valence-corrected chi connectivity index (χ2v) is 7.80. The number of benzene rings is 4. The maximum absolute atomic E-state index is 10.4. The Hall–Kier alpha value is -4.12. The first-order valence-electron chi connectivity index (χ1n) is 10.3. The van der Waals surface area contributed by atoms with Gasteiger partial charge >= 0.3 is 0 Å². The van der Waals surface area contributed by atoms with Gasteiger partial charge < -0.3 is 25.0 Å². The smallest absolute Gasteiger partial charge is 0.151 e. The van der Waals surface area contributed by atoms with Crippen molar-refractivity contribution in [2.24, 2.45) is 0 Å². The highest BCUT2D eigenvalue weighted by molar-refractivity contribution is 5.81. The molecular formula is C27H25NO4. The topological polar surface area (TPSA) is 73.2 Å². The van der Waals surface area contributed by atoms with Crippen molar-refractivity contribution >= 4 is 17.1 Å². The van der Waals surface area contributed by atoms with E-state index in [1.807, 2.05) is 74.2 Å². The minimum atomic E-state index is 0.156. The quantitative estimate of drug-likeness (QED) is 0.320. The van der Waals surface area contributed by atoms with Crippen LogP contribution in [0.5, 0.6) is 28.7 Å². The zero-order chi connectivity index (χ0) is 22.8. The normalized spacial score (nSPS) is 10.7. The molecule has 4 rings (SSSR count). The fourth-order valence-corrected chi connectivity index (χ4v) is 3.41. The minimum absolute atomic E-state index is 0.156. The maximum Gasteiger partial charge on any atom is 0.151 e. The average molecular weight is 428 g/mol. The van der Waals surface area contributed by atoms with E-state index in [1.165, 1.54) is 0 Å². The molecule has 0 atom stereocenters.